The maximum Gasteiger partial charge on any atom is 0.260 e. The third-order valence-electron chi connectivity index (χ3n) is 12.3. The Morgan fingerprint density at radius 3 is 1.54 bits per heavy atom. The average molecular weight is 754 g/mol. The Hall–Kier alpha value is -7.76. The van der Waals surface area contributed by atoms with E-state index in [9.17, 15) is 0 Å². The van der Waals surface area contributed by atoms with Crippen molar-refractivity contribution >= 4 is 66.8 Å². The summed E-state index contributed by atoms with van der Waals surface area (Å²) in [7, 11) is 0. The van der Waals surface area contributed by atoms with Gasteiger partial charge in [-0.05, 0) is 98.9 Å². The Labute approximate surface area is 340 Å². The van der Waals surface area contributed by atoms with E-state index in [1.54, 1.807) is 0 Å². The molecule has 0 saturated carbocycles. The third kappa shape index (κ3) is 4.92. The van der Waals surface area contributed by atoms with Gasteiger partial charge in [-0.15, -0.1) is 0 Å². The van der Waals surface area contributed by atoms with Gasteiger partial charge in [0.05, 0.1) is 11.0 Å². The van der Waals surface area contributed by atoms with Gasteiger partial charge in [0.15, 0.2) is 0 Å². The van der Waals surface area contributed by atoms with Crippen LogP contribution in [0.25, 0.3) is 82.8 Å². The Kier molecular flexibility index (Phi) is 6.78. The summed E-state index contributed by atoms with van der Waals surface area (Å²) in [6.07, 6.45) is 0. The number of hydrogen-bond acceptors (Lipinski definition) is 3. The zero-order valence-corrected chi connectivity index (χ0v) is 31.7. The van der Waals surface area contributed by atoms with E-state index in [1.807, 2.05) is 12.1 Å². The summed E-state index contributed by atoms with van der Waals surface area (Å²) < 4.78 is 22.9. The van der Waals surface area contributed by atoms with Crippen molar-refractivity contribution in [3.63, 3.8) is 0 Å². The number of aromatic nitrogens is 1. The number of para-hydroxylation sites is 3. The van der Waals surface area contributed by atoms with E-state index < -0.39 is 0 Å². The number of furan rings is 1. The fourth-order valence-electron chi connectivity index (χ4n) is 9.59. The second-order valence-electron chi connectivity index (χ2n) is 15.6. The molecule has 4 nitrogen and oxygen atoms in total. The van der Waals surface area contributed by atoms with E-state index in [-0.39, 0.29) is 6.71 Å². The van der Waals surface area contributed by atoms with Crippen LogP contribution in [0.3, 0.4) is 0 Å². The van der Waals surface area contributed by atoms with E-state index >= 15 is 0 Å². The zero-order valence-electron chi connectivity index (χ0n) is 31.7. The maximum absolute atomic E-state index is 7.16. The van der Waals surface area contributed by atoms with Crippen molar-refractivity contribution in [1.82, 2.24) is 4.57 Å². The molecule has 2 aromatic heterocycles. The summed E-state index contributed by atoms with van der Waals surface area (Å²) in [5.41, 5.74) is 15.0. The molecule has 0 bridgehead atoms. The van der Waals surface area contributed by atoms with Crippen LogP contribution < -0.4 is 25.9 Å². The van der Waals surface area contributed by atoms with Crippen LogP contribution in [0.2, 0.25) is 0 Å². The van der Waals surface area contributed by atoms with Crippen LogP contribution in [0.15, 0.2) is 199 Å². The third-order valence-corrected chi connectivity index (χ3v) is 12.3. The van der Waals surface area contributed by atoms with Crippen molar-refractivity contribution in [3.05, 3.63) is 194 Å². The average Bonchev–Trinajstić information content (AvgIpc) is 3.82. The minimum Gasteiger partial charge on any atom is -0.458 e. The van der Waals surface area contributed by atoms with Gasteiger partial charge in [-0.1, -0.05) is 127 Å². The molecule has 4 heterocycles. The van der Waals surface area contributed by atoms with E-state index in [2.05, 4.69) is 187 Å². The van der Waals surface area contributed by atoms with E-state index in [0.29, 0.717) is 0 Å². The first-order valence-corrected chi connectivity index (χ1v) is 20.1. The van der Waals surface area contributed by atoms with Gasteiger partial charge in [0.1, 0.15) is 34.2 Å². The molecule has 59 heavy (non-hydrogen) atoms. The molecule has 0 fully saturated rings. The van der Waals surface area contributed by atoms with Gasteiger partial charge in [0.25, 0.3) is 6.71 Å². The second kappa shape index (κ2) is 12.4. The molecule has 5 heteroatoms. The highest BCUT2D eigenvalue weighted by Crippen LogP contribution is 2.43. The molecular formula is C54H32BNO3. The monoisotopic (exact) mass is 753 g/mol. The van der Waals surface area contributed by atoms with Gasteiger partial charge in [-0.25, -0.2) is 0 Å². The number of nitrogens with zero attached hydrogens (tertiary/aromatic N) is 1. The zero-order chi connectivity index (χ0) is 38.6. The lowest BCUT2D eigenvalue weighted by atomic mass is 9.34. The molecule has 2 aliphatic heterocycles. The van der Waals surface area contributed by atoms with Gasteiger partial charge < -0.3 is 18.5 Å². The highest BCUT2D eigenvalue weighted by atomic mass is 16.5. The van der Waals surface area contributed by atoms with Crippen molar-refractivity contribution < 1.29 is 13.9 Å². The van der Waals surface area contributed by atoms with Gasteiger partial charge in [-0.2, -0.15) is 0 Å². The number of fused-ring (bicyclic) bond motifs is 10. The summed E-state index contributed by atoms with van der Waals surface area (Å²) in [5.74, 6) is 3.21. The minimum atomic E-state index is -0.140. The molecule has 11 aromatic rings. The van der Waals surface area contributed by atoms with Crippen LogP contribution in [0, 0.1) is 0 Å². The number of ether oxygens (including phenoxy) is 2. The summed E-state index contributed by atoms with van der Waals surface area (Å²) >= 11 is 0. The first-order valence-electron chi connectivity index (χ1n) is 20.1. The first-order chi connectivity index (χ1) is 29.2. The summed E-state index contributed by atoms with van der Waals surface area (Å²) in [6.45, 7) is -0.140. The van der Waals surface area contributed by atoms with Crippen LogP contribution in [0.5, 0.6) is 23.0 Å². The number of benzene rings is 9. The Morgan fingerprint density at radius 2 is 0.864 bits per heavy atom. The van der Waals surface area contributed by atoms with E-state index in [0.717, 1.165) is 111 Å². The molecule has 0 spiro atoms. The fourth-order valence-corrected chi connectivity index (χ4v) is 9.59. The van der Waals surface area contributed by atoms with Gasteiger partial charge >= 0.3 is 0 Å². The van der Waals surface area contributed by atoms with Crippen molar-refractivity contribution in [2.24, 2.45) is 0 Å². The molecule has 0 saturated heterocycles. The topological polar surface area (TPSA) is 36.5 Å². The van der Waals surface area contributed by atoms with Crippen LogP contribution in [-0.4, -0.2) is 11.3 Å². The Balaban J connectivity index is 1.08. The lowest BCUT2D eigenvalue weighted by Gasteiger charge is -2.33. The molecule has 0 amide bonds. The molecule has 0 aliphatic carbocycles. The van der Waals surface area contributed by atoms with Crippen LogP contribution in [0.4, 0.5) is 0 Å². The van der Waals surface area contributed by atoms with Crippen molar-refractivity contribution in [1.29, 1.82) is 0 Å². The first kappa shape index (κ1) is 32.3. The predicted octanol–water partition coefficient (Wildman–Crippen LogP) is 12.4. The van der Waals surface area contributed by atoms with Gasteiger partial charge in [0, 0.05) is 44.8 Å². The summed E-state index contributed by atoms with van der Waals surface area (Å²) in [6, 6.07) is 68.9. The van der Waals surface area contributed by atoms with Crippen molar-refractivity contribution in [2.45, 2.75) is 0 Å². The SMILES string of the molecule is c1ccc(-c2cc(-c3ccccc3)cc(-c3cc4c5c(c3)Oc3cc6c(cc3B5c3cc5c(cc3O4)oc3ccccc35)c3ccccc3n6-c3ccccc3)c2)cc1. The largest absolute Gasteiger partial charge is 0.458 e. The Morgan fingerprint density at radius 1 is 0.339 bits per heavy atom. The van der Waals surface area contributed by atoms with Crippen LogP contribution in [-0.2, 0) is 0 Å². The van der Waals surface area contributed by atoms with Crippen molar-refractivity contribution in [2.75, 3.05) is 0 Å². The molecule has 0 N–H and O–H groups in total. The lowest BCUT2D eigenvalue weighted by molar-refractivity contribution is 0.465. The molecule has 9 aromatic carbocycles. The quantitative estimate of drug-likeness (QED) is 0.168. The molecule has 0 radical (unpaired) electrons. The normalized spacial score (nSPS) is 12.6. The molecule has 0 atom stereocenters. The maximum atomic E-state index is 7.16. The lowest BCUT2D eigenvalue weighted by Crippen LogP contribution is -2.57. The highest BCUT2D eigenvalue weighted by Gasteiger charge is 2.41. The van der Waals surface area contributed by atoms with Gasteiger partial charge in [-0.3, -0.25) is 0 Å². The van der Waals surface area contributed by atoms with E-state index in [4.69, 9.17) is 13.9 Å². The van der Waals surface area contributed by atoms with Crippen LogP contribution in [0.1, 0.15) is 0 Å². The Bertz CT molecular complexity index is 3440. The molecule has 13 rings (SSSR count). The minimum absolute atomic E-state index is 0.140. The summed E-state index contributed by atoms with van der Waals surface area (Å²) in [4.78, 5) is 0. The summed E-state index contributed by atoms with van der Waals surface area (Å²) in [5, 5.41) is 4.55. The molecule has 274 valence electrons. The number of rotatable bonds is 4. The van der Waals surface area contributed by atoms with Crippen LogP contribution >= 0.6 is 0 Å². The van der Waals surface area contributed by atoms with Gasteiger partial charge in [0.2, 0.25) is 0 Å². The predicted molar refractivity (Wildman–Crippen MR) is 242 cm³/mol. The molecular weight excluding hydrogens is 721 g/mol. The fraction of sp³-hybridized carbons (Fsp3) is 0. The molecule has 0 unspecified atom stereocenters. The second-order valence-corrected chi connectivity index (χ2v) is 15.6. The standard InChI is InChI=1S/C54H32BNO3/c1-4-14-33(15-5-1)35-24-36(34-16-6-2-7-17-34)26-37(25-35)38-27-52-54-53(28-38)59-51-32-49-43(41-21-11-13-23-48(41)57-49)30-45(51)55(54)44-29-42-40-20-10-12-22-46(40)56(39-18-8-3-9-19-39)47(42)31-50(44)58-52/h1-32H. The number of hydrogen-bond donors (Lipinski definition) is 0. The van der Waals surface area contributed by atoms with Crippen molar-refractivity contribution in [3.8, 4) is 62.1 Å². The molecule has 2 aliphatic rings. The highest BCUT2D eigenvalue weighted by molar-refractivity contribution is 6.98. The smallest absolute Gasteiger partial charge is 0.260 e. The van der Waals surface area contributed by atoms with E-state index in [1.165, 1.54) is 10.8 Å².